The van der Waals surface area contributed by atoms with Crippen molar-refractivity contribution in [3.63, 3.8) is 0 Å². The maximum atomic E-state index is 9.35. The van der Waals surface area contributed by atoms with Gasteiger partial charge in [0.25, 0.3) is 0 Å². The smallest absolute Gasteiger partial charge is 0.0546 e. The molecule has 2 saturated carbocycles. The van der Waals surface area contributed by atoms with Gasteiger partial charge in [-0.1, -0.05) is 13.8 Å². The molecule has 1 heteroatoms. The third-order valence-electron chi connectivity index (χ3n) is 3.82. The number of hydrogen-bond acceptors (Lipinski definition) is 1. The van der Waals surface area contributed by atoms with Gasteiger partial charge in [0, 0.05) is 0 Å². The van der Waals surface area contributed by atoms with Crippen molar-refractivity contribution in [2.24, 2.45) is 23.7 Å². The van der Waals surface area contributed by atoms with Crippen LogP contribution in [-0.2, 0) is 0 Å². The predicted molar refractivity (Wildman–Crippen MR) is 40.5 cm³/mol. The minimum atomic E-state index is 0.0300. The molecule has 0 aromatic heterocycles. The highest BCUT2D eigenvalue weighted by Crippen LogP contribution is 2.54. The van der Waals surface area contributed by atoms with Crippen molar-refractivity contribution in [1.82, 2.24) is 0 Å². The van der Waals surface area contributed by atoms with Gasteiger partial charge in [0.15, 0.2) is 0 Å². The molecule has 1 unspecified atom stereocenters. The Balaban J connectivity index is 2.04. The fourth-order valence-electron chi connectivity index (χ4n) is 2.92. The van der Waals surface area contributed by atoms with Crippen molar-refractivity contribution < 1.29 is 5.11 Å². The number of aliphatic hydroxyl groups is 1. The quantitative estimate of drug-likeness (QED) is 0.542. The first kappa shape index (κ1) is 6.66. The van der Waals surface area contributed by atoms with Crippen molar-refractivity contribution in [2.75, 3.05) is 0 Å². The molecule has 0 spiro atoms. The monoisotopic (exact) mass is 140 g/mol. The molecule has 58 valence electrons. The highest BCUT2D eigenvalue weighted by molar-refractivity contribution is 4.99. The first-order valence-electron chi connectivity index (χ1n) is 4.38. The second-order valence-electron chi connectivity index (χ2n) is 4.17. The maximum absolute atomic E-state index is 9.35. The molecule has 2 aliphatic rings. The summed E-state index contributed by atoms with van der Waals surface area (Å²) >= 11 is 0. The SMILES string of the molecule is C[C@@H]1[C@H](C)[C@@H]2CC(O)C[C@H]12. The van der Waals surface area contributed by atoms with Gasteiger partial charge in [0.2, 0.25) is 0 Å². The Morgan fingerprint density at radius 1 is 1.00 bits per heavy atom. The van der Waals surface area contributed by atoms with Crippen LogP contribution in [0.4, 0.5) is 0 Å². The molecular weight excluding hydrogens is 124 g/mol. The molecule has 5 atom stereocenters. The molecule has 0 aromatic carbocycles. The molecule has 0 heterocycles. The van der Waals surface area contributed by atoms with E-state index in [0.717, 1.165) is 36.5 Å². The van der Waals surface area contributed by atoms with Crippen LogP contribution in [0.3, 0.4) is 0 Å². The highest BCUT2D eigenvalue weighted by Gasteiger charge is 2.49. The topological polar surface area (TPSA) is 20.2 Å². The van der Waals surface area contributed by atoms with Crippen molar-refractivity contribution in [3.05, 3.63) is 0 Å². The van der Waals surface area contributed by atoms with E-state index in [1.807, 2.05) is 0 Å². The lowest BCUT2D eigenvalue weighted by atomic mass is 9.60. The second kappa shape index (κ2) is 1.97. The van der Waals surface area contributed by atoms with E-state index in [4.69, 9.17) is 0 Å². The zero-order valence-corrected chi connectivity index (χ0v) is 6.75. The van der Waals surface area contributed by atoms with E-state index in [1.54, 1.807) is 0 Å². The van der Waals surface area contributed by atoms with Crippen LogP contribution >= 0.6 is 0 Å². The molecule has 1 nitrogen and oxygen atoms in total. The van der Waals surface area contributed by atoms with Crippen LogP contribution in [-0.4, -0.2) is 11.2 Å². The van der Waals surface area contributed by atoms with Crippen molar-refractivity contribution in [2.45, 2.75) is 32.8 Å². The molecular formula is C9H16O. The number of hydrogen-bond donors (Lipinski definition) is 1. The van der Waals surface area contributed by atoms with Crippen LogP contribution in [0.5, 0.6) is 0 Å². The lowest BCUT2D eigenvalue weighted by molar-refractivity contribution is 0.0302. The van der Waals surface area contributed by atoms with Gasteiger partial charge in [-0.2, -0.15) is 0 Å². The summed E-state index contributed by atoms with van der Waals surface area (Å²) in [5.74, 6) is 3.49. The number of aliphatic hydroxyl groups excluding tert-OH is 1. The van der Waals surface area contributed by atoms with Gasteiger partial charge < -0.3 is 5.11 Å². The van der Waals surface area contributed by atoms with E-state index >= 15 is 0 Å². The molecule has 0 aromatic rings. The Morgan fingerprint density at radius 3 is 1.80 bits per heavy atom. The third kappa shape index (κ3) is 0.672. The largest absolute Gasteiger partial charge is 0.393 e. The van der Waals surface area contributed by atoms with Crippen LogP contribution < -0.4 is 0 Å². The molecule has 10 heavy (non-hydrogen) atoms. The molecule has 0 amide bonds. The Hall–Kier alpha value is -0.0400. The first-order chi connectivity index (χ1) is 4.70. The lowest BCUT2D eigenvalue weighted by Crippen LogP contribution is -2.39. The van der Waals surface area contributed by atoms with E-state index in [-0.39, 0.29) is 6.10 Å². The zero-order chi connectivity index (χ0) is 7.30. The summed E-state index contributed by atoms with van der Waals surface area (Å²) in [6, 6.07) is 0. The van der Waals surface area contributed by atoms with E-state index in [1.165, 1.54) is 0 Å². The van der Waals surface area contributed by atoms with Crippen molar-refractivity contribution in [3.8, 4) is 0 Å². The Labute approximate surface area is 62.4 Å². The zero-order valence-electron chi connectivity index (χ0n) is 6.75. The molecule has 1 N–H and O–H groups in total. The van der Waals surface area contributed by atoms with Crippen LogP contribution in [0.15, 0.2) is 0 Å². The van der Waals surface area contributed by atoms with Gasteiger partial charge in [0.05, 0.1) is 6.10 Å². The average molecular weight is 140 g/mol. The highest BCUT2D eigenvalue weighted by atomic mass is 16.3. The van der Waals surface area contributed by atoms with E-state index in [0.29, 0.717) is 0 Å². The summed E-state index contributed by atoms with van der Waals surface area (Å²) in [6.45, 7) is 4.65. The van der Waals surface area contributed by atoms with E-state index in [2.05, 4.69) is 13.8 Å². The average Bonchev–Trinajstić information content (AvgIpc) is 2.27. The van der Waals surface area contributed by atoms with Crippen molar-refractivity contribution >= 4 is 0 Å². The standard InChI is InChI=1S/C9H16O/c1-5-6(2)9-4-7(10)3-8(5)9/h5-10H,3-4H2,1-2H3/t5-,6+,7?,8-,9+. The minimum absolute atomic E-state index is 0.0300. The Morgan fingerprint density at radius 2 is 1.40 bits per heavy atom. The molecule has 2 rings (SSSR count). The summed E-state index contributed by atoms with van der Waals surface area (Å²) in [5, 5.41) is 9.35. The van der Waals surface area contributed by atoms with Crippen LogP contribution in [0.25, 0.3) is 0 Å². The van der Waals surface area contributed by atoms with E-state index in [9.17, 15) is 5.11 Å². The second-order valence-corrected chi connectivity index (χ2v) is 4.17. The molecule has 0 bridgehead atoms. The molecule has 0 radical (unpaired) electrons. The van der Waals surface area contributed by atoms with E-state index < -0.39 is 0 Å². The van der Waals surface area contributed by atoms with Gasteiger partial charge in [-0.3, -0.25) is 0 Å². The number of fused-ring (bicyclic) bond motifs is 1. The molecule has 0 saturated heterocycles. The van der Waals surface area contributed by atoms with Crippen LogP contribution in [0.1, 0.15) is 26.7 Å². The maximum Gasteiger partial charge on any atom is 0.0546 e. The van der Waals surface area contributed by atoms with Crippen molar-refractivity contribution in [1.29, 1.82) is 0 Å². The van der Waals surface area contributed by atoms with Crippen LogP contribution in [0.2, 0.25) is 0 Å². The molecule has 2 aliphatic carbocycles. The summed E-state index contributed by atoms with van der Waals surface area (Å²) in [6.07, 6.45) is 2.19. The first-order valence-corrected chi connectivity index (χ1v) is 4.38. The molecule has 0 aliphatic heterocycles. The summed E-state index contributed by atoms with van der Waals surface area (Å²) in [7, 11) is 0. The fraction of sp³-hybridized carbons (Fsp3) is 1.00. The van der Waals surface area contributed by atoms with Gasteiger partial charge in [-0.25, -0.2) is 0 Å². The third-order valence-corrected chi connectivity index (χ3v) is 3.82. The Bertz CT molecular complexity index is 128. The predicted octanol–water partition coefficient (Wildman–Crippen LogP) is 1.66. The Kier molecular flexibility index (Phi) is 1.31. The van der Waals surface area contributed by atoms with Gasteiger partial charge >= 0.3 is 0 Å². The normalized spacial score (nSPS) is 59.7. The summed E-state index contributed by atoms with van der Waals surface area (Å²) < 4.78 is 0. The lowest BCUT2D eigenvalue weighted by Gasteiger charge is -2.45. The van der Waals surface area contributed by atoms with Crippen LogP contribution in [0, 0.1) is 23.7 Å². The number of rotatable bonds is 0. The summed E-state index contributed by atoms with van der Waals surface area (Å²) in [5.41, 5.74) is 0. The molecule has 2 fully saturated rings. The minimum Gasteiger partial charge on any atom is -0.393 e. The summed E-state index contributed by atoms with van der Waals surface area (Å²) in [4.78, 5) is 0. The van der Waals surface area contributed by atoms with Gasteiger partial charge in [-0.15, -0.1) is 0 Å². The fourth-order valence-corrected chi connectivity index (χ4v) is 2.92. The van der Waals surface area contributed by atoms with Gasteiger partial charge in [0.1, 0.15) is 0 Å². The van der Waals surface area contributed by atoms with Gasteiger partial charge in [-0.05, 0) is 36.5 Å².